The normalized spacial score (nSPS) is 13.8. The SMILES string of the molecule is CS(=O)(=O)O[C@H](CCC=O)[C@@H](COCc1ccccc1)OCc1ccccc1. The number of carbonyl (C=O) groups excluding carboxylic acids is 1. The fourth-order valence-electron chi connectivity index (χ4n) is 2.66. The summed E-state index contributed by atoms with van der Waals surface area (Å²) < 4.78 is 40.2. The summed E-state index contributed by atoms with van der Waals surface area (Å²) in [6, 6.07) is 19.2. The van der Waals surface area contributed by atoms with Gasteiger partial charge in [-0.3, -0.25) is 4.18 Å². The van der Waals surface area contributed by atoms with Crippen LogP contribution in [-0.2, 0) is 41.8 Å². The van der Waals surface area contributed by atoms with Crippen molar-refractivity contribution in [3.05, 3.63) is 71.8 Å². The van der Waals surface area contributed by atoms with Crippen molar-refractivity contribution in [2.24, 2.45) is 0 Å². The van der Waals surface area contributed by atoms with E-state index in [1.54, 1.807) is 0 Å². The lowest BCUT2D eigenvalue weighted by Crippen LogP contribution is -2.37. The van der Waals surface area contributed by atoms with Gasteiger partial charge in [-0.1, -0.05) is 60.7 Å². The molecular formula is C21H26O6S. The Morgan fingerprint density at radius 3 is 2.00 bits per heavy atom. The van der Waals surface area contributed by atoms with E-state index < -0.39 is 22.3 Å². The Bertz CT molecular complexity index is 792. The van der Waals surface area contributed by atoms with Crippen molar-refractivity contribution in [1.82, 2.24) is 0 Å². The van der Waals surface area contributed by atoms with Gasteiger partial charge in [-0.2, -0.15) is 8.42 Å². The van der Waals surface area contributed by atoms with Crippen LogP contribution < -0.4 is 0 Å². The molecule has 152 valence electrons. The second kappa shape index (κ2) is 11.7. The van der Waals surface area contributed by atoms with Gasteiger partial charge in [-0.25, -0.2) is 0 Å². The maximum atomic E-state index is 11.7. The molecular weight excluding hydrogens is 380 g/mol. The molecule has 0 aliphatic heterocycles. The molecule has 0 aliphatic carbocycles. The molecule has 0 saturated heterocycles. The number of rotatable bonds is 13. The Balaban J connectivity index is 2.05. The zero-order chi connectivity index (χ0) is 20.2. The number of aldehydes is 1. The summed E-state index contributed by atoms with van der Waals surface area (Å²) in [5.41, 5.74) is 1.95. The summed E-state index contributed by atoms with van der Waals surface area (Å²) in [7, 11) is -3.71. The van der Waals surface area contributed by atoms with Crippen molar-refractivity contribution < 1.29 is 26.9 Å². The van der Waals surface area contributed by atoms with Crippen LogP contribution in [0.1, 0.15) is 24.0 Å². The molecule has 0 amide bonds. The van der Waals surface area contributed by atoms with Crippen LogP contribution in [-0.4, -0.2) is 39.8 Å². The number of carbonyl (C=O) groups is 1. The number of hydrogen-bond acceptors (Lipinski definition) is 6. The maximum Gasteiger partial charge on any atom is 0.264 e. The third-order valence-electron chi connectivity index (χ3n) is 3.98. The Labute approximate surface area is 166 Å². The summed E-state index contributed by atoms with van der Waals surface area (Å²) >= 11 is 0. The zero-order valence-corrected chi connectivity index (χ0v) is 16.7. The molecule has 0 aliphatic rings. The van der Waals surface area contributed by atoms with Crippen LogP contribution >= 0.6 is 0 Å². The molecule has 28 heavy (non-hydrogen) atoms. The fourth-order valence-corrected chi connectivity index (χ4v) is 3.33. The minimum atomic E-state index is -3.71. The van der Waals surface area contributed by atoms with Crippen LogP contribution in [0.3, 0.4) is 0 Å². The van der Waals surface area contributed by atoms with Gasteiger partial charge in [0.1, 0.15) is 18.5 Å². The Morgan fingerprint density at radius 1 is 0.893 bits per heavy atom. The summed E-state index contributed by atoms with van der Waals surface area (Å²) in [5.74, 6) is 0. The average molecular weight is 407 g/mol. The molecule has 0 N–H and O–H groups in total. The Kier molecular flexibility index (Phi) is 9.30. The molecule has 0 saturated carbocycles. The van der Waals surface area contributed by atoms with E-state index in [9.17, 15) is 13.2 Å². The van der Waals surface area contributed by atoms with E-state index in [0.29, 0.717) is 6.61 Å². The quantitative estimate of drug-likeness (QED) is 0.376. The molecule has 2 rings (SSSR count). The predicted molar refractivity (Wildman–Crippen MR) is 106 cm³/mol. The number of hydrogen-bond donors (Lipinski definition) is 0. The van der Waals surface area contributed by atoms with Gasteiger partial charge >= 0.3 is 0 Å². The van der Waals surface area contributed by atoms with E-state index in [1.807, 2.05) is 60.7 Å². The van der Waals surface area contributed by atoms with Gasteiger partial charge in [0, 0.05) is 6.42 Å². The van der Waals surface area contributed by atoms with Crippen molar-refractivity contribution in [3.63, 3.8) is 0 Å². The molecule has 2 aromatic rings. The van der Waals surface area contributed by atoms with Gasteiger partial charge in [0.2, 0.25) is 0 Å². The third-order valence-corrected chi connectivity index (χ3v) is 4.58. The van der Waals surface area contributed by atoms with Crippen molar-refractivity contribution in [2.75, 3.05) is 12.9 Å². The highest BCUT2D eigenvalue weighted by atomic mass is 32.2. The number of benzene rings is 2. The molecule has 2 aromatic carbocycles. The first kappa shape index (κ1) is 22.2. The second-order valence-electron chi connectivity index (χ2n) is 6.42. The molecule has 6 nitrogen and oxygen atoms in total. The zero-order valence-electron chi connectivity index (χ0n) is 15.9. The predicted octanol–water partition coefficient (Wildman–Crippen LogP) is 3.11. The highest BCUT2D eigenvalue weighted by Crippen LogP contribution is 2.17. The summed E-state index contributed by atoms with van der Waals surface area (Å²) in [4.78, 5) is 10.8. The molecule has 0 fully saturated rings. The summed E-state index contributed by atoms with van der Waals surface area (Å²) in [6.45, 7) is 0.789. The van der Waals surface area contributed by atoms with Gasteiger partial charge in [-0.15, -0.1) is 0 Å². The van der Waals surface area contributed by atoms with E-state index in [2.05, 4.69) is 0 Å². The molecule has 2 atom stereocenters. The fraction of sp³-hybridized carbons (Fsp3) is 0.381. The molecule has 0 unspecified atom stereocenters. The van der Waals surface area contributed by atoms with Gasteiger partial charge < -0.3 is 14.3 Å². The van der Waals surface area contributed by atoms with Crippen molar-refractivity contribution in [3.8, 4) is 0 Å². The third kappa shape index (κ3) is 8.75. The van der Waals surface area contributed by atoms with Crippen LogP contribution in [0.15, 0.2) is 60.7 Å². The van der Waals surface area contributed by atoms with Gasteiger partial charge in [0.05, 0.1) is 26.1 Å². The Hall–Kier alpha value is -2.06. The first-order valence-electron chi connectivity index (χ1n) is 9.07. The average Bonchev–Trinajstić information content (AvgIpc) is 2.68. The molecule has 0 aromatic heterocycles. The molecule has 7 heteroatoms. The molecule has 0 radical (unpaired) electrons. The van der Waals surface area contributed by atoms with E-state index in [4.69, 9.17) is 13.7 Å². The van der Waals surface area contributed by atoms with Gasteiger partial charge in [0.25, 0.3) is 10.1 Å². The first-order chi connectivity index (χ1) is 13.5. The van der Waals surface area contributed by atoms with Gasteiger partial charge in [-0.05, 0) is 17.5 Å². The van der Waals surface area contributed by atoms with Crippen LogP contribution in [0.25, 0.3) is 0 Å². The molecule has 0 spiro atoms. The van der Waals surface area contributed by atoms with Crippen LogP contribution in [0.4, 0.5) is 0 Å². The standard InChI is InChI=1S/C21H26O6S/c1-28(23,24)27-20(13-8-14-22)21(26-16-19-11-6-3-7-12-19)17-25-15-18-9-4-2-5-10-18/h2-7,9-12,14,20-21H,8,13,15-17H2,1H3/t20-,21-/m1/s1. The Morgan fingerprint density at radius 2 is 1.46 bits per heavy atom. The second-order valence-corrected chi connectivity index (χ2v) is 8.02. The van der Waals surface area contributed by atoms with Crippen molar-refractivity contribution >= 4 is 16.4 Å². The van der Waals surface area contributed by atoms with Crippen LogP contribution in [0.2, 0.25) is 0 Å². The minimum Gasteiger partial charge on any atom is -0.374 e. The minimum absolute atomic E-state index is 0.140. The lowest BCUT2D eigenvalue weighted by atomic mass is 10.1. The lowest BCUT2D eigenvalue weighted by molar-refractivity contribution is -0.110. The monoisotopic (exact) mass is 406 g/mol. The van der Waals surface area contributed by atoms with E-state index in [1.165, 1.54) is 0 Å². The van der Waals surface area contributed by atoms with Crippen LogP contribution in [0.5, 0.6) is 0 Å². The maximum absolute atomic E-state index is 11.7. The topological polar surface area (TPSA) is 78.9 Å². The van der Waals surface area contributed by atoms with E-state index >= 15 is 0 Å². The van der Waals surface area contributed by atoms with Gasteiger partial charge in [0.15, 0.2) is 0 Å². The summed E-state index contributed by atoms with van der Waals surface area (Å²) in [5, 5.41) is 0. The number of ether oxygens (including phenoxy) is 2. The van der Waals surface area contributed by atoms with Crippen molar-refractivity contribution in [1.29, 1.82) is 0 Å². The van der Waals surface area contributed by atoms with Crippen LogP contribution in [0, 0.1) is 0 Å². The highest BCUT2D eigenvalue weighted by molar-refractivity contribution is 7.86. The van der Waals surface area contributed by atoms with E-state index in [0.717, 1.165) is 23.7 Å². The highest BCUT2D eigenvalue weighted by Gasteiger charge is 2.27. The van der Waals surface area contributed by atoms with Crippen molar-refractivity contribution in [2.45, 2.75) is 38.3 Å². The smallest absolute Gasteiger partial charge is 0.264 e. The lowest BCUT2D eigenvalue weighted by Gasteiger charge is -2.26. The summed E-state index contributed by atoms with van der Waals surface area (Å²) in [6.07, 6.45) is 0.672. The molecule has 0 bridgehead atoms. The molecule has 0 heterocycles. The first-order valence-corrected chi connectivity index (χ1v) is 10.9. The largest absolute Gasteiger partial charge is 0.374 e. The van der Waals surface area contributed by atoms with E-state index in [-0.39, 0.29) is 26.1 Å².